The number of carbonyl (C=O) groups is 1. The first-order valence-electron chi connectivity index (χ1n) is 5.72. The van der Waals surface area contributed by atoms with Gasteiger partial charge in [0.25, 0.3) is 5.91 Å². The van der Waals surface area contributed by atoms with Crippen molar-refractivity contribution in [1.29, 1.82) is 0 Å². The van der Waals surface area contributed by atoms with Crippen molar-refractivity contribution in [3.63, 3.8) is 0 Å². The Bertz CT molecular complexity index is 416. The fourth-order valence-corrected chi connectivity index (χ4v) is 2.18. The van der Waals surface area contributed by atoms with E-state index in [-0.39, 0.29) is 17.7 Å². The highest BCUT2D eigenvalue weighted by molar-refractivity contribution is 5.96. The number of pyridine rings is 1. The molecule has 1 heterocycles. The molecule has 0 aliphatic heterocycles. The van der Waals surface area contributed by atoms with Crippen molar-refractivity contribution in [2.75, 3.05) is 13.6 Å². The molecule has 5 nitrogen and oxygen atoms in total. The van der Waals surface area contributed by atoms with Crippen LogP contribution < -0.4 is 5.73 Å². The molecule has 1 fully saturated rings. The van der Waals surface area contributed by atoms with Crippen LogP contribution in [0.5, 0.6) is 5.75 Å². The van der Waals surface area contributed by atoms with Crippen LogP contribution in [0, 0.1) is 5.92 Å². The Kier molecular flexibility index (Phi) is 3.28. The van der Waals surface area contributed by atoms with Crippen molar-refractivity contribution in [1.82, 2.24) is 9.88 Å². The van der Waals surface area contributed by atoms with Gasteiger partial charge >= 0.3 is 0 Å². The maximum atomic E-state index is 12.0. The van der Waals surface area contributed by atoms with Crippen LogP contribution >= 0.6 is 0 Å². The van der Waals surface area contributed by atoms with Crippen molar-refractivity contribution < 1.29 is 9.90 Å². The minimum absolute atomic E-state index is 0.0744. The molecule has 0 spiro atoms. The molecule has 1 aromatic rings. The fourth-order valence-electron chi connectivity index (χ4n) is 2.18. The summed E-state index contributed by atoms with van der Waals surface area (Å²) in [6.45, 7) is 0.689. The van der Waals surface area contributed by atoms with E-state index in [1.807, 2.05) is 0 Å². The van der Waals surface area contributed by atoms with E-state index in [4.69, 9.17) is 5.73 Å². The lowest BCUT2D eigenvalue weighted by atomic mass is 9.80. The lowest BCUT2D eigenvalue weighted by Crippen LogP contribution is -2.43. The summed E-state index contributed by atoms with van der Waals surface area (Å²) in [6.07, 6.45) is 4.72. The summed E-state index contributed by atoms with van der Waals surface area (Å²) in [4.78, 5) is 17.4. The number of nitrogens with zero attached hydrogens (tertiary/aromatic N) is 2. The van der Waals surface area contributed by atoms with Crippen LogP contribution in [0.1, 0.15) is 23.2 Å². The summed E-state index contributed by atoms with van der Waals surface area (Å²) >= 11 is 0. The van der Waals surface area contributed by atoms with E-state index in [0.717, 1.165) is 12.8 Å². The van der Waals surface area contributed by atoms with Crippen LogP contribution in [0.25, 0.3) is 0 Å². The molecule has 0 aromatic carbocycles. The molecule has 1 amide bonds. The summed E-state index contributed by atoms with van der Waals surface area (Å²) in [5, 5.41) is 9.55. The van der Waals surface area contributed by atoms with Gasteiger partial charge in [-0.3, -0.25) is 9.78 Å². The van der Waals surface area contributed by atoms with E-state index >= 15 is 0 Å². The van der Waals surface area contributed by atoms with Crippen molar-refractivity contribution in [3.8, 4) is 5.75 Å². The van der Waals surface area contributed by atoms with Gasteiger partial charge in [-0.15, -0.1) is 0 Å². The third kappa shape index (κ3) is 2.55. The molecule has 0 atom stereocenters. The van der Waals surface area contributed by atoms with Crippen molar-refractivity contribution in [2.45, 2.75) is 18.9 Å². The van der Waals surface area contributed by atoms with Gasteiger partial charge in [0.2, 0.25) is 0 Å². The first-order chi connectivity index (χ1) is 8.08. The number of hydrogen-bond acceptors (Lipinski definition) is 4. The lowest BCUT2D eigenvalue weighted by molar-refractivity contribution is 0.0731. The summed E-state index contributed by atoms with van der Waals surface area (Å²) in [5.41, 5.74) is 6.00. The van der Waals surface area contributed by atoms with Crippen LogP contribution in [0.3, 0.4) is 0 Å². The number of aromatic nitrogens is 1. The monoisotopic (exact) mass is 235 g/mol. The molecule has 1 saturated carbocycles. The minimum Gasteiger partial charge on any atom is -0.505 e. The predicted molar refractivity (Wildman–Crippen MR) is 63.6 cm³/mol. The second-order valence-electron chi connectivity index (χ2n) is 4.68. The number of nitrogens with two attached hydrogens (primary N) is 1. The van der Waals surface area contributed by atoms with Crippen molar-refractivity contribution >= 4 is 5.91 Å². The maximum absolute atomic E-state index is 12.0. The number of amides is 1. The molecular formula is C12H17N3O2. The third-order valence-electron chi connectivity index (χ3n) is 3.18. The van der Waals surface area contributed by atoms with Crippen LogP contribution in [-0.4, -0.2) is 40.5 Å². The molecule has 0 bridgehead atoms. The third-order valence-corrected chi connectivity index (χ3v) is 3.18. The van der Waals surface area contributed by atoms with Crippen molar-refractivity contribution in [2.24, 2.45) is 11.7 Å². The van der Waals surface area contributed by atoms with Crippen LogP contribution in [0.2, 0.25) is 0 Å². The summed E-state index contributed by atoms with van der Waals surface area (Å²) in [5.74, 6) is 0.239. The van der Waals surface area contributed by atoms with Gasteiger partial charge in [-0.2, -0.15) is 0 Å². The largest absolute Gasteiger partial charge is 0.505 e. The van der Waals surface area contributed by atoms with E-state index in [1.165, 1.54) is 18.5 Å². The van der Waals surface area contributed by atoms with E-state index < -0.39 is 0 Å². The molecular weight excluding hydrogens is 218 g/mol. The molecule has 2 rings (SSSR count). The number of rotatable bonds is 3. The van der Waals surface area contributed by atoms with Gasteiger partial charge in [-0.25, -0.2) is 0 Å². The number of aromatic hydroxyl groups is 1. The standard InChI is InChI=1S/C12H17N3O2/c1-15(7-8-4-9(13)5-8)12(17)10-2-3-14-6-11(10)16/h2-3,6,8-9,16H,4-5,7,13H2,1H3. The Labute approximate surface area is 100 Å². The van der Waals surface area contributed by atoms with Gasteiger partial charge in [0, 0.05) is 25.8 Å². The highest BCUT2D eigenvalue weighted by atomic mass is 16.3. The first kappa shape index (κ1) is 11.9. The Morgan fingerprint density at radius 2 is 2.35 bits per heavy atom. The van der Waals surface area contributed by atoms with E-state index in [2.05, 4.69) is 4.98 Å². The smallest absolute Gasteiger partial charge is 0.257 e. The average Bonchev–Trinajstić information content (AvgIpc) is 2.26. The van der Waals surface area contributed by atoms with Gasteiger partial charge in [-0.05, 0) is 24.8 Å². The van der Waals surface area contributed by atoms with Crippen LogP contribution in [0.4, 0.5) is 0 Å². The zero-order valence-corrected chi connectivity index (χ0v) is 9.84. The SMILES string of the molecule is CN(CC1CC(N)C1)C(=O)c1ccncc1O. The first-order valence-corrected chi connectivity index (χ1v) is 5.72. The van der Waals surface area contributed by atoms with E-state index in [1.54, 1.807) is 11.9 Å². The number of hydrogen-bond donors (Lipinski definition) is 2. The molecule has 0 unspecified atom stereocenters. The number of carbonyl (C=O) groups excluding carboxylic acids is 1. The van der Waals surface area contributed by atoms with Gasteiger partial charge in [-0.1, -0.05) is 0 Å². The maximum Gasteiger partial charge on any atom is 0.257 e. The highest BCUT2D eigenvalue weighted by Gasteiger charge is 2.28. The molecule has 5 heteroatoms. The normalized spacial score (nSPS) is 22.9. The molecule has 0 radical (unpaired) electrons. The zero-order valence-electron chi connectivity index (χ0n) is 9.84. The quantitative estimate of drug-likeness (QED) is 0.804. The molecule has 0 saturated heterocycles. The molecule has 17 heavy (non-hydrogen) atoms. The molecule has 3 N–H and O–H groups in total. The van der Waals surface area contributed by atoms with Crippen LogP contribution in [0.15, 0.2) is 18.5 Å². The van der Waals surface area contributed by atoms with Gasteiger partial charge in [0.15, 0.2) is 0 Å². The topological polar surface area (TPSA) is 79.5 Å². The Morgan fingerprint density at radius 3 is 2.94 bits per heavy atom. The summed E-state index contributed by atoms with van der Waals surface area (Å²) < 4.78 is 0. The zero-order chi connectivity index (χ0) is 12.4. The summed E-state index contributed by atoms with van der Waals surface area (Å²) in [7, 11) is 1.74. The van der Waals surface area contributed by atoms with Gasteiger partial charge < -0.3 is 15.7 Å². The molecule has 1 aromatic heterocycles. The van der Waals surface area contributed by atoms with Crippen LogP contribution in [-0.2, 0) is 0 Å². The molecule has 1 aliphatic rings. The lowest BCUT2D eigenvalue weighted by Gasteiger charge is -2.35. The summed E-state index contributed by atoms with van der Waals surface area (Å²) in [6, 6.07) is 1.82. The Hall–Kier alpha value is -1.62. The second kappa shape index (κ2) is 4.71. The van der Waals surface area contributed by atoms with E-state index in [0.29, 0.717) is 18.0 Å². The molecule has 92 valence electrons. The average molecular weight is 235 g/mol. The predicted octanol–water partition coefficient (Wildman–Crippen LogP) is 0.596. The fraction of sp³-hybridized carbons (Fsp3) is 0.500. The Morgan fingerprint density at radius 1 is 1.65 bits per heavy atom. The van der Waals surface area contributed by atoms with Gasteiger partial charge in [0.1, 0.15) is 5.75 Å². The highest BCUT2D eigenvalue weighted by Crippen LogP contribution is 2.27. The molecule has 1 aliphatic carbocycles. The minimum atomic E-state index is -0.176. The van der Waals surface area contributed by atoms with Crippen molar-refractivity contribution in [3.05, 3.63) is 24.0 Å². The van der Waals surface area contributed by atoms with Gasteiger partial charge in [0.05, 0.1) is 11.8 Å². The Balaban J connectivity index is 1.97. The van der Waals surface area contributed by atoms with E-state index in [9.17, 15) is 9.90 Å². The second-order valence-corrected chi connectivity index (χ2v) is 4.68.